The standard InChI is InChI=1S/C33H57NO15/c1-2-6-37-8-10-39-12-14-41-16-18-43-20-22-45-24-26-47-28-30-49-31-29-48-27-25-46-23-21-44-19-17-42-15-13-40-11-9-38-7-5-34-32(35)3-4-33(34)36/h1,3-4H,5-31H2. The highest BCUT2D eigenvalue weighted by Gasteiger charge is 2.22. The fourth-order valence-electron chi connectivity index (χ4n) is 3.58. The second-order valence-corrected chi connectivity index (χ2v) is 9.77. The highest BCUT2D eigenvalue weighted by atomic mass is 16.6. The van der Waals surface area contributed by atoms with E-state index in [1.54, 1.807) is 0 Å². The van der Waals surface area contributed by atoms with Gasteiger partial charge in [-0.05, 0) is 0 Å². The predicted molar refractivity (Wildman–Crippen MR) is 175 cm³/mol. The summed E-state index contributed by atoms with van der Waals surface area (Å²) in [6.07, 6.45) is 7.59. The van der Waals surface area contributed by atoms with Crippen molar-refractivity contribution in [1.29, 1.82) is 0 Å². The molecule has 0 radical (unpaired) electrons. The maximum absolute atomic E-state index is 11.4. The molecule has 16 nitrogen and oxygen atoms in total. The Morgan fingerprint density at radius 2 is 0.571 bits per heavy atom. The molecule has 16 heteroatoms. The number of terminal acetylenes is 1. The van der Waals surface area contributed by atoms with Gasteiger partial charge in [-0.2, -0.15) is 0 Å². The first kappa shape index (κ1) is 44.9. The molecule has 0 aromatic rings. The van der Waals surface area contributed by atoms with Crippen LogP contribution in [0.25, 0.3) is 0 Å². The van der Waals surface area contributed by atoms with Crippen molar-refractivity contribution in [1.82, 2.24) is 4.90 Å². The van der Waals surface area contributed by atoms with Crippen LogP contribution >= 0.6 is 0 Å². The van der Waals surface area contributed by atoms with Crippen molar-refractivity contribution in [3.8, 4) is 12.3 Å². The number of carbonyl (C=O) groups excluding carboxylic acids is 2. The van der Waals surface area contributed by atoms with Crippen molar-refractivity contribution >= 4 is 11.8 Å². The predicted octanol–water partition coefficient (Wildman–Crippen LogP) is -0.240. The minimum atomic E-state index is -0.309. The molecule has 0 bridgehead atoms. The lowest BCUT2D eigenvalue weighted by Gasteiger charge is -2.13. The molecule has 49 heavy (non-hydrogen) atoms. The maximum Gasteiger partial charge on any atom is 0.253 e. The summed E-state index contributed by atoms with van der Waals surface area (Å²) in [7, 11) is 0. The van der Waals surface area contributed by atoms with Gasteiger partial charge in [0.15, 0.2) is 0 Å². The van der Waals surface area contributed by atoms with Gasteiger partial charge in [0.2, 0.25) is 0 Å². The summed E-state index contributed by atoms with van der Waals surface area (Å²) in [6, 6.07) is 0. The summed E-state index contributed by atoms with van der Waals surface area (Å²) in [6.45, 7) is 12.3. The van der Waals surface area contributed by atoms with Crippen LogP contribution in [0.5, 0.6) is 0 Å². The van der Waals surface area contributed by atoms with Gasteiger partial charge in [0.1, 0.15) is 6.61 Å². The van der Waals surface area contributed by atoms with Gasteiger partial charge < -0.3 is 61.6 Å². The Hall–Kier alpha value is -2.08. The number of ether oxygens (including phenoxy) is 13. The highest BCUT2D eigenvalue weighted by Crippen LogP contribution is 2.02. The summed E-state index contributed by atoms with van der Waals surface area (Å²) >= 11 is 0. The van der Waals surface area contributed by atoms with Crippen molar-refractivity contribution in [2.24, 2.45) is 0 Å². The molecule has 0 fully saturated rings. The quantitative estimate of drug-likeness (QED) is 0.0467. The lowest BCUT2D eigenvalue weighted by Crippen LogP contribution is -2.33. The Kier molecular flexibility index (Phi) is 34.1. The molecule has 0 saturated carbocycles. The first-order chi connectivity index (χ1) is 24.3. The SMILES string of the molecule is C#CCOCCOCCOCCOCCOCCOCCOCCOCCOCCOCCOCCOCCOCCN1C(=O)C=CC1=O. The normalized spacial score (nSPS) is 12.8. The van der Waals surface area contributed by atoms with E-state index in [1.165, 1.54) is 12.2 Å². The van der Waals surface area contributed by atoms with Gasteiger partial charge in [-0.3, -0.25) is 14.5 Å². The number of imide groups is 1. The monoisotopic (exact) mass is 707 g/mol. The van der Waals surface area contributed by atoms with Crippen molar-refractivity contribution in [3.63, 3.8) is 0 Å². The zero-order chi connectivity index (χ0) is 35.1. The number of carbonyl (C=O) groups is 2. The van der Waals surface area contributed by atoms with E-state index in [2.05, 4.69) is 5.92 Å². The van der Waals surface area contributed by atoms with Crippen LogP contribution in [0.4, 0.5) is 0 Å². The molecule has 284 valence electrons. The first-order valence-electron chi connectivity index (χ1n) is 16.7. The Morgan fingerprint density at radius 1 is 0.367 bits per heavy atom. The van der Waals surface area contributed by atoms with Crippen molar-refractivity contribution in [3.05, 3.63) is 12.2 Å². The summed E-state index contributed by atoms with van der Waals surface area (Å²) in [4.78, 5) is 23.9. The van der Waals surface area contributed by atoms with E-state index in [9.17, 15) is 9.59 Å². The van der Waals surface area contributed by atoms with Gasteiger partial charge in [-0.1, -0.05) is 5.92 Å². The average Bonchev–Trinajstić information content (AvgIpc) is 3.43. The summed E-state index contributed by atoms with van der Waals surface area (Å²) in [5, 5.41) is 0. The molecular weight excluding hydrogens is 650 g/mol. The number of nitrogens with zero attached hydrogens (tertiary/aromatic N) is 1. The minimum absolute atomic E-state index is 0.237. The Labute approximate surface area is 290 Å². The van der Waals surface area contributed by atoms with Crippen LogP contribution < -0.4 is 0 Å². The molecular formula is C33H57NO15. The van der Waals surface area contributed by atoms with E-state index in [0.29, 0.717) is 165 Å². The number of amides is 2. The van der Waals surface area contributed by atoms with E-state index in [1.807, 2.05) is 0 Å². The molecule has 0 aromatic heterocycles. The van der Waals surface area contributed by atoms with Crippen LogP contribution in [0, 0.1) is 12.3 Å². The second kappa shape index (κ2) is 37.2. The largest absolute Gasteiger partial charge is 0.377 e. The topological polar surface area (TPSA) is 157 Å². The summed E-state index contributed by atoms with van der Waals surface area (Å²) in [5.74, 6) is 1.78. The van der Waals surface area contributed by atoms with Crippen molar-refractivity contribution in [2.45, 2.75) is 0 Å². The van der Waals surface area contributed by atoms with Gasteiger partial charge in [0, 0.05) is 12.2 Å². The van der Waals surface area contributed by atoms with Gasteiger partial charge in [0.25, 0.3) is 11.8 Å². The van der Waals surface area contributed by atoms with Crippen LogP contribution in [0.3, 0.4) is 0 Å². The molecule has 1 rings (SSSR count). The van der Waals surface area contributed by atoms with Gasteiger partial charge in [0.05, 0.1) is 172 Å². The van der Waals surface area contributed by atoms with Crippen LogP contribution in [0.15, 0.2) is 12.2 Å². The van der Waals surface area contributed by atoms with E-state index < -0.39 is 0 Å². The third-order valence-corrected chi connectivity index (χ3v) is 6.01. The second-order valence-electron chi connectivity index (χ2n) is 9.77. The highest BCUT2D eigenvalue weighted by molar-refractivity contribution is 6.12. The first-order valence-corrected chi connectivity index (χ1v) is 16.7. The lowest BCUT2D eigenvalue weighted by atomic mass is 10.5. The zero-order valence-electron chi connectivity index (χ0n) is 28.9. The summed E-state index contributed by atoms with van der Waals surface area (Å²) in [5.41, 5.74) is 0. The zero-order valence-corrected chi connectivity index (χ0v) is 28.9. The van der Waals surface area contributed by atoms with Crippen LogP contribution in [0.2, 0.25) is 0 Å². The van der Waals surface area contributed by atoms with Gasteiger partial charge in [-0.25, -0.2) is 0 Å². The molecule has 1 aliphatic rings. The Bertz CT molecular complexity index is 808. The molecule has 0 aliphatic carbocycles. The van der Waals surface area contributed by atoms with Crippen LogP contribution in [-0.2, 0) is 71.2 Å². The van der Waals surface area contributed by atoms with Crippen LogP contribution in [-0.4, -0.2) is 195 Å². The fourth-order valence-corrected chi connectivity index (χ4v) is 3.58. The Morgan fingerprint density at radius 3 is 0.796 bits per heavy atom. The van der Waals surface area contributed by atoms with E-state index in [-0.39, 0.29) is 25.0 Å². The van der Waals surface area contributed by atoms with Crippen molar-refractivity contribution in [2.75, 3.05) is 178 Å². The number of rotatable bonds is 40. The van der Waals surface area contributed by atoms with Crippen LogP contribution in [0.1, 0.15) is 0 Å². The molecule has 0 N–H and O–H groups in total. The lowest BCUT2D eigenvalue weighted by molar-refractivity contribution is -0.137. The van der Waals surface area contributed by atoms with Crippen molar-refractivity contribution < 1.29 is 71.2 Å². The molecule has 2 amide bonds. The van der Waals surface area contributed by atoms with E-state index in [4.69, 9.17) is 68.0 Å². The molecule has 0 unspecified atom stereocenters. The average molecular weight is 708 g/mol. The Balaban J connectivity index is 1.61. The molecule has 0 atom stereocenters. The third-order valence-electron chi connectivity index (χ3n) is 6.01. The summed E-state index contributed by atoms with van der Waals surface area (Å²) < 4.78 is 70.3. The molecule has 0 saturated heterocycles. The molecule has 0 aromatic carbocycles. The maximum atomic E-state index is 11.4. The molecule has 1 heterocycles. The van der Waals surface area contributed by atoms with Gasteiger partial charge in [-0.15, -0.1) is 6.42 Å². The van der Waals surface area contributed by atoms with E-state index >= 15 is 0 Å². The van der Waals surface area contributed by atoms with E-state index in [0.717, 1.165) is 4.90 Å². The van der Waals surface area contributed by atoms with Gasteiger partial charge >= 0.3 is 0 Å². The smallest absolute Gasteiger partial charge is 0.253 e. The minimum Gasteiger partial charge on any atom is -0.377 e. The third kappa shape index (κ3) is 31.6. The number of hydrogen-bond acceptors (Lipinski definition) is 15. The molecule has 0 spiro atoms. The fraction of sp³-hybridized carbons (Fsp3) is 0.818. The molecule has 1 aliphatic heterocycles. The number of hydrogen-bond donors (Lipinski definition) is 0.